The summed E-state index contributed by atoms with van der Waals surface area (Å²) >= 11 is 1.90. The van der Waals surface area contributed by atoms with Crippen LogP contribution in [0.5, 0.6) is 0 Å². The van der Waals surface area contributed by atoms with E-state index in [2.05, 4.69) is 5.73 Å². The maximum atomic E-state index is 9.58. The molecule has 2 nitrogen and oxygen atoms in total. The fourth-order valence-corrected chi connectivity index (χ4v) is 0. The molecule has 0 atom stereocenters. The third-order valence-corrected chi connectivity index (χ3v) is 0.884. The predicted octanol–water partition coefficient (Wildman–Crippen LogP) is -0.855. The van der Waals surface area contributed by atoms with Gasteiger partial charge in [-0.05, 0) is 0 Å². The van der Waals surface area contributed by atoms with Gasteiger partial charge >= 0.3 is 0 Å². The minimum absolute atomic E-state index is 0. The molecule has 0 aliphatic heterocycles. The van der Waals surface area contributed by atoms with Crippen molar-refractivity contribution in [2.24, 2.45) is 5.73 Å². The number of hydrogen-bond acceptors (Lipinski definition) is 1. The van der Waals surface area contributed by atoms with Gasteiger partial charge in [0.1, 0.15) is 0 Å². The third-order valence-electron chi connectivity index (χ3n) is 0.132. The van der Waals surface area contributed by atoms with E-state index in [1.165, 1.54) is 0 Å². The van der Waals surface area contributed by atoms with Crippen molar-refractivity contribution in [2.75, 3.05) is 4.43 Å². The standard InChI is InChI=1S/C2H4INO.2K/c3-1-2(4)5;;/h1H2,(H2,4,5);;. The van der Waals surface area contributed by atoms with Crippen molar-refractivity contribution in [3.05, 3.63) is 0 Å². The smallest absolute Gasteiger partial charge is 0.227 e. The number of carbonyl (C=O) groups is 1. The van der Waals surface area contributed by atoms with E-state index in [1.807, 2.05) is 22.6 Å². The van der Waals surface area contributed by atoms with Gasteiger partial charge in [0.15, 0.2) is 0 Å². The molecule has 2 N–H and O–H groups in total. The Hall–Kier alpha value is 3.47. The van der Waals surface area contributed by atoms with Crippen LogP contribution in [0, 0.1) is 0 Å². The Morgan fingerprint density at radius 1 is 1.57 bits per heavy atom. The first-order chi connectivity index (χ1) is 2.27. The summed E-state index contributed by atoms with van der Waals surface area (Å²) in [5.74, 6) is -0.259. The van der Waals surface area contributed by atoms with E-state index in [9.17, 15) is 4.79 Å². The Morgan fingerprint density at radius 3 is 1.71 bits per heavy atom. The van der Waals surface area contributed by atoms with Gasteiger partial charge in [0, 0.05) is 103 Å². The molecule has 0 bridgehead atoms. The van der Waals surface area contributed by atoms with E-state index in [0.717, 1.165) is 0 Å². The summed E-state index contributed by atoms with van der Waals surface area (Å²) in [5, 5.41) is 0. The third kappa shape index (κ3) is 17.7. The van der Waals surface area contributed by atoms with Crippen LogP contribution in [0.3, 0.4) is 0 Å². The van der Waals surface area contributed by atoms with E-state index in [4.69, 9.17) is 0 Å². The number of halogens is 1. The molecule has 0 aliphatic carbocycles. The van der Waals surface area contributed by atoms with E-state index in [1.54, 1.807) is 0 Å². The topological polar surface area (TPSA) is 43.1 Å². The molecule has 2 radical (unpaired) electrons. The van der Waals surface area contributed by atoms with Crippen LogP contribution in [-0.4, -0.2) is 113 Å². The van der Waals surface area contributed by atoms with Crippen LogP contribution in [0.4, 0.5) is 0 Å². The molecule has 0 aromatic rings. The summed E-state index contributed by atoms with van der Waals surface area (Å²) in [4.78, 5) is 9.58. The molecular formula is C2H4IK2NO. The second kappa shape index (κ2) is 12.2. The summed E-state index contributed by atoms with van der Waals surface area (Å²) in [7, 11) is 0. The zero-order chi connectivity index (χ0) is 4.28. The first-order valence-electron chi connectivity index (χ1n) is 1.11. The van der Waals surface area contributed by atoms with E-state index in [0.29, 0.717) is 4.43 Å². The minimum atomic E-state index is -0.259. The summed E-state index contributed by atoms with van der Waals surface area (Å²) in [6.07, 6.45) is 0. The van der Waals surface area contributed by atoms with Crippen LogP contribution in [0.15, 0.2) is 0 Å². The van der Waals surface area contributed by atoms with Crippen molar-refractivity contribution in [2.45, 2.75) is 0 Å². The molecule has 0 heterocycles. The number of amides is 1. The number of alkyl halides is 1. The monoisotopic (exact) mass is 263 g/mol. The van der Waals surface area contributed by atoms with Crippen molar-refractivity contribution in [1.82, 2.24) is 0 Å². The number of rotatable bonds is 1. The van der Waals surface area contributed by atoms with Gasteiger partial charge in [0.25, 0.3) is 0 Å². The quantitative estimate of drug-likeness (QED) is 0.373. The van der Waals surface area contributed by atoms with Crippen LogP contribution >= 0.6 is 22.6 Å². The summed E-state index contributed by atoms with van der Waals surface area (Å²) in [5.41, 5.74) is 4.65. The second-order valence-corrected chi connectivity index (χ2v) is 1.36. The molecule has 1 amide bonds. The Kier molecular flexibility index (Phi) is 29.3. The zero-order valence-electron chi connectivity index (χ0n) is 4.57. The Morgan fingerprint density at radius 2 is 1.71 bits per heavy atom. The molecule has 0 aliphatic rings. The van der Waals surface area contributed by atoms with Crippen LogP contribution in [0.25, 0.3) is 0 Å². The Labute approximate surface area is 142 Å². The van der Waals surface area contributed by atoms with Crippen molar-refractivity contribution < 1.29 is 4.79 Å². The van der Waals surface area contributed by atoms with Crippen molar-refractivity contribution >= 4 is 131 Å². The van der Waals surface area contributed by atoms with Gasteiger partial charge in [-0.1, -0.05) is 22.6 Å². The normalized spacial score (nSPS) is 5.29. The fraction of sp³-hybridized carbons (Fsp3) is 0.500. The molecule has 7 heavy (non-hydrogen) atoms. The number of carbonyl (C=O) groups excluding carboxylic acids is 1. The average Bonchev–Trinajstić information content (AvgIpc) is 1.38. The molecule has 0 unspecified atom stereocenters. The van der Waals surface area contributed by atoms with Gasteiger partial charge in [-0.3, -0.25) is 4.79 Å². The molecule has 0 spiro atoms. The second-order valence-electron chi connectivity index (χ2n) is 0.600. The summed E-state index contributed by atoms with van der Waals surface area (Å²) in [6.45, 7) is 0. The van der Waals surface area contributed by atoms with E-state index in [-0.39, 0.29) is 109 Å². The first kappa shape index (κ1) is 16.8. The average molecular weight is 263 g/mol. The van der Waals surface area contributed by atoms with Gasteiger partial charge < -0.3 is 5.73 Å². The van der Waals surface area contributed by atoms with Crippen LogP contribution in [0.1, 0.15) is 0 Å². The largest absolute Gasteiger partial charge is 0.369 e. The van der Waals surface area contributed by atoms with Crippen molar-refractivity contribution in [3.8, 4) is 0 Å². The fourth-order valence-electron chi connectivity index (χ4n) is 0. The summed E-state index contributed by atoms with van der Waals surface area (Å²) < 4.78 is 0.414. The van der Waals surface area contributed by atoms with Crippen LogP contribution < -0.4 is 5.73 Å². The molecule has 0 aromatic heterocycles. The van der Waals surface area contributed by atoms with E-state index < -0.39 is 0 Å². The molecule has 32 valence electrons. The minimum Gasteiger partial charge on any atom is -0.369 e. The Bertz CT molecular complexity index is 51.0. The number of hydrogen-bond donors (Lipinski definition) is 1. The molecule has 0 rings (SSSR count). The maximum absolute atomic E-state index is 9.58. The summed E-state index contributed by atoms with van der Waals surface area (Å²) in [6, 6.07) is 0. The van der Waals surface area contributed by atoms with Gasteiger partial charge in [-0.15, -0.1) is 0 Å². The number of nitrogens with two attached hydrogens (primary N) is 1. The van der Waals surface area contributed by atoms with Gasteiger partial charge in [0.2, 0.25) is 5.91 Å². The number of primary amides is 1. The molecule has 0 saturated heterocycles. The predicted molar refractivity (Wildman–Crippen MR) is 39.6 cm³/mol. The molecule has 0 aromatic carbocycles. The van der Waals surface area contributed by atoms with Crippen LogP contribution in [-0.2, 0) is 4.79 Å². The first-order valence-corrected chi connectivity index (χ1v) is 2.64. The Balaban J connectivity index is -0.0000000800. The van der Waals surface area contributed by atoms with Crippen molar-refractivity contribution in [3.63, 3.8) is 0 Å². The van der Waals surface area contributed by atoms with Crippen LogP contribution in [0.2, 0.25) is 0 Å². The van der Waals surface area contributed by atoms with Crippen molar-refractivity contribution in [1.29, 1.82) is 0 Å². The maximum Gasteiger partial charge on any atom is 0.227 e. The zero-order valence-corrected chi connectivity index (χ0v) is 13.0. The molecule has 5 heteroatoms. The SMILES string of the molecule is NC(=O)CI.[K].[K]. The molecule has 0 saturated carbocycles. The van der Waals surface area contributed by atoms with Gasteiger partial charge in [0.05, 0.1) is 4.43 Å². The molecule has 0 fully saturated rings. The van der Waals surface area contributed by atoms with Gasteiger partial charge in [-0.2, -0.15) is 0 Å². The van der Waals surface area contributed by atoms with E-state index >= 15 is 0 Å². The molecular weight excluding hydrogens is 259 g/mol. The van der Waals surface area contributed by atoms with Gasteiger partial charge in [-0.25, -0.2) is 0 Å².